The molecule has 1 atom stereocenters. The van der Waals surface area contributed by atoms with Crippen molar-refractivity contribution in [2.24, 2.45) is 5.92 Å². The number of hydrogen-bond donors (Lipinski definition) is 0. The highest BCUT2D eigenvalue weighted by atomic mass is 16.5. The number of carbonyl (C=O) groups is 3. The molecule has 7 heteroatoms. The number of hydrogen-bond acceptors (Lipinski definition) is 6. The van der Waals surface area contributed by atoms with Crippen molar-refractivity contribution in [3.63, 3.8) is 0 Å². The average molecular weight is 422 g/mol. The van der Waals surface area contributed by atoms with Crippen LogP contribution in [0.15, 0.2) is 58.9 Å². The van der Waals surface area contributed by atoms with Crippen LogP contribution in [-0.4, -0.2) is 42.8 Å². The lowest BCUT2D eigenvalue weighted by molar-refractivity contribution is -0.151. The monoisotopic (exact) mass is 422 g/mol. The number of furan rings is 1. The Morgan fingerprint density at radius 1 is 1.23 bits per heavy atom. The molecular formula is C24H26N2O5. The first-order valence-electron chi connectivity index (χ1n) is 10.3. The van der Waals surface area contributed by atoms with Crippen LogP contribution >= 0.6 is 0 Å². The number of fused-ring (bicyclic) bond motifs is 1. The molecule has 3 heterocycles. The predicted octanol–water partition coefficient (Wildman–Crippen LogP) is 3.05. The maximum Gasteiger partial charge on any atom is 0.311 e. The number of likely N-dealkylation sites (N-methyl/N-ethyl adjacent to an activating group) is 1. The summed E-state index contributed by atoms with van der Waals surface area (Å²) in [5.74, 6) is -0.845. The summed E-state index contributed by atoms with van der Waals surface area (Å²) in [5, 5.41) is 0. The van der Waals surface area contributed by atoms with E-state index in [1.165, 1.54) is 0 Å². The first kappa shape index (κ1) is 20.9. The van der Waals surface area contributed by atoms with E-state index in [2.05, 4.69) is 19.9 Å². The quantitative estimate of drug-likeness (QED) is 0.526. The van der Waals surface area contributed by atoms with Crippen LogP contribution < -0.4 is 4.90 Å². The number of para-hydroxylation sites is 1. The molecule has 0 N–H and O–H groups in total. The third kappa shape index (κ3) is 4.00. The predicted molar refractivity (Wildman–Crippen MR) is 114 cm³/mol. The van der Waals surface area contributed by atoms with E-state index in [1.807, 2.05) is 30.1 Å². The first-order chi connectivity index (χ1) is 14.8. The standard InChI is InChI=1S/C24H26N2O5/c1-24(2)19-8-4-5-9-20(19)25(3)21(24)12-17(27)15-31-23(29)16-11-22(28)26(13-16)14-18-7-6-10-30-18/h4-10,12,16H,11,13-15H2,1-3H3/b21-12+. The van der Waals surface area contributed by atoms with Gasteiger partial charge in [0.1, 0.15) is 5.76 Å². The van der Waals surface area contributed by atoms with Crippen molar-refractivity contribution in [3.8, 4) is 0 Å². The molecule has 1 saturated heterocycles. The number of esters is 1. The Balaban J connectivity index is 1.35. The number of rotatable bonds is 6. The fourth-order valence-electron chi connectivity index (χ4n) is 4.39. The molecule has 0 bridgehead atoms. The Bertz CT molecular complexity index is 1040. The summed E-state index contributed by atoms with van der Waals surface area (Å²) in [5.41, 5.74) is 2.74. The molecule has 162 valence electrons. The van der Waals surface area contributed by atoms with Crippen molar-refractivity contribution in [1.82, 2.24) is 4.90 Å². The average Bonchev–Trinajstić information content (AvgIpc) is 3.43. The van der Waals surface area contributed by atoms with Crippen LogP contribution in [0.1, 0.15) is 31.6 Å². The van der Waals surface area contributed by atoms with Crippen molar-refractivity contribution in [2.75, 3.05) is 25.1 Å². The molecule has 31 heavy (non-hydrogen) atoms. The Hall–Kier alpha value is -3.35. The number of amides is 1. The fourth-order valence-corrected chi connectivity index (χ4v) is 4.39. The summed E-state index contributed by atoms with van der Waals surface area (Å²) >= 11 is 0. The molecule has 2 aromatic rings. The van der Waals surface area contributed by atoms with Crippen molar-refractivity contribution < 1.29 is 23.5 Å². The number of benzene rings is 1. The van der Waals surface area contributed by atoms with E-state index < -0.39 is 11.9 Å². The first-order valence-corrected chi connectivity index (χ1v) is 10.3. The number of allylic oxidation sites excluding steroid dienone is 1. The molecule has 1 unspecified atom stereocenters. The second-order valence-electron chi connectivity index (χ2n) is 8.56. The third-order valence-electron chi connectivity index (χ3n) is 6.07. The Morgan fingerprint density at radius 2 is 2.00 bits per heavy atom. The molecule has 7 nitrogen and oxygen atoms in total. The highest BCUT2D eigenvalue weighted by molar-refractivity contribution is 5.95. The van der Waals surface area contributed by atoms with Gasteiger partial charge in [0.2, 0.25) is 5.91 Å². The van der Waals surface area contributed by atoms with E-state index >= 15 is 0 Å². The van der Waals surface area contributed by atoms with Crippen molar-refractivity contribution in [1.29, 1.82) is 0 Å². The minimum Gasteiger partial charge on any atom is -0.467 e. The van der Waals surface area contributed by atoms with E-state index in [4.69, 9.17) is 9.15 Å². The Labute approximate surface area is 181 Å². The zero-order chi connectivity index (χ0) is 22.2. The fraction of sp³-hybridized carbons (Fsp3) is 0.375. The number of ketones is 1. The van der Waals surface area contributed by atoms with Crippen LogP contribution in [0, 0.1) is 5.92 Å². The van der Waals surface area contributed by atoms with Gasteiger partial charge < -0.3 is 19.0 Å². The lowest BCUT2D eigenvalue weighted by Gasteiger charge is -2.24. The van der Waals surface area contributed by atoms with Crippen LogP contribution in [-0.2, 0) is 31.1 Å². The van der Waals surface area contributed by atoms with Gasteiger partial charge in [-0.15, -0.1) is 0 Å². The molecule has 0 aliphatic carbocycles. The smallest absolute Gasteiger partial charge is 0.311 e. The Kier molecular flexibility index (Phi) is 5.43. The second kappa shape index (κ2) is 8.06. The zero-order valence-corrected chi connectivity index (χ0v) is 18.0. The number of anilines is 1. The molecule has 1 amide bonds. The number of likely N-dealkylation sites (tertiary alicyclic amines) is 1. The summed E-state index contributed by atoms with van der Waals surface area (Å²) in [4.78, 5) is 40.8. The molecular weight excluding hydrogens is 396 g/mol. The number of carbonyl (C=O) groups excluding carboxylic acids is 3. The SMILES string of the molecule is CN1/C(=C/C(=O)COC(=O)C2CC(=O)N(Cc3ccco3)C2)C(C)(C)c2ccccc21. The summed E-state index contributed by atoms with van der Waals surface area (Å²) in [7, 11) is 1.93. The minimum atomic E-state index is -0.572. The van der Waals surface area contributed by atoms with E-state index in [0.717, 1.165) is 16.9 Å². The summed E-state index contributed by atoms with van der Waals surface area (Å²) in [6.45, 7) is 4.38. The van der Waals surface area contributed by atoms with Crippen LogP contribution in [0.25, 0.3) is 0 Å². The van der Waals surface area contributed by atoms with Gasteiger partial charge in [-0.2, -0.15) is 0 Å². The summed E-state index contributed by atoms with van der Waals surface area (Å²) in [6.07, 6.45) is 3.18. The molecule has 4 rings (SSSR count). The molecule has 1 aromatic carbocycles. The molecule has 0 radical (unpaired) electrons. The van der Waals surface area contributed by atoms with Gasteiger partial charge in [-0.1, -0.05) is 32.0 Å². The summed E-state index contributed by atoms with van der Waals surface area (Å²) < 4.78 is 10.5. The van der Waals surface area contributed by atoms with E-state index in [0.29, 0.717) is 12.3 Å². The van der Waals surface area contributed by atoms with E-state index in [-0.39, 0.29) is 36.7 Å². The maximum absolute atomic E-state index is 12.6. The van der Waals surface area contributed by atoms with E-state index in [9.17, 15) is 14.4 Å². The molecule has 0 spiro atoms. The molecule has 1 aromatic heterocycles. The van der Waals surface area contributed by atoms with Crippen molar-refractivity contribution in [3.05, 3.63) is 65.8 Å². The van der Waals surface area contributed by atoms with Gasteiger partial charge in [0.05, 0.1) is 18.7 Å². The molecule has 2 aliphatic heterocycles. The minimum absolute atomic E-state index is 0.0832. The molecule has 0 saturated carbocycles. The number of nitrogens with zero attached hydrogens (tertiary/aromatic N) is 2. The van der Waals surface area contributed by atoms with Gasteiger partial charge in [-0.3, -0.25) is 14.4 Å². The van der Waals surface area contributed by atoms with Crippen molar-refractivity contribution in [2.45, 2.75) is 32.2 Å². The topological polar surface area (TPSA) is 80.1 Å². The lowest BCUT2D eigenvalue weighted by Crippen LogP contribution is -2.27. The van der Waals surface area contributed by atoms with Crippen LogP contribution in [0.3, 0.4) is 0 Å². The second-order valence-corrected chi connectivity index (χ2v) is 8.56. The highest BCUT2D eigenvalue weighted by Gasteiger charge is 2.39. The summed E-state index contributed by atoms with van der Waals surface area (Å²) in [6, 6.07) is 11.6. The number of ether oxygens (including phenoxy) is 1. The van der Waals surface area contributed by atoms with Crippen LogP contribution in [0.4, 0.5) is 5.69 Å². The van der Waals surface area contributed by atoms with Crippen LogP contribution in [0.5, 0.6) is 0 Å². The van der Waals surface area contributed by atoms with E-state index in [1.54, 1.807) is 29.4 Å². The normalized spacial score (nSPS) is 20.9. The van der Waals surface area contributed by atoms with Gasteiger partial charge >= 0.3 is 5.97 Å². The van der Waals surface area contributed by atoms with Crippen molar-refractivity contribution >= 4 is 23.3 Å². The highest BCUT2D eigenvalue weighted by Crippen LogP contribution is 2.46. The Morgan fingerprint density at radius 3 is 2.71 bits per heavy atom. The van der Waals surface area contributed by atoms with Gasteiger partial charge in [0, 0.05) is 42.9 Å². The van der Waals surface area contributed by atoms with Gasteiger partial charge in [-0.25, -0.2) is 0 Å². The zero-order valence-electron chi connectivity index (χ0n) is 18.0. The van der Waals surface area contributed by atoms with Gasteiger partial charge in [0.25, 0.3) is 0 Å². The maximum atomic E-state index is 12.6. The molecule has 1 fully saturated rings. The lowest BCUT2D eigenvalue weighted by atomic mass is 9.83. The van der Waals surface area contributed by atoms with Crippen LogP contribution in [0.2, 0.25) is 0 Å². The third-order valence-corrected chi connectivity index (χ3v) is 6.07. The largest absolute Gasteiger partial charge is 0.467 e. The molecule has 2 aliphatic rings. The van der Waals surface area contributed by atoms with Gasteiger partial charge in [-0.05, 0) is 23.8 Å². The van der Waals surface area contributed by atoms with Gasteiger partial charge in [0.15, 0.2) is 12.4 Å².